The number of hydrogen-bond acceptors (Lipinski definition) is 0. The quantitative estimate of drug-likeness (QED) is 0.340. The van der Waals surface area contributed by atoms with Crippen LogP contribution in [-0.2, 0) is 0 Å². The monoisotopic (exact) mass is 448 g/mol. The Morgan fingerprint density at radius 1 is 1.00 bits per heavy atom. The maximum absolute atomic E-state index is 12.5. The lowest BCUT2D eigenvalue weighted by molar-refractivity contribution is -0.160. The van der Waals surface area contributed by atoms with Crippen LogP contribution in [0.15, 0.2) is 0 Å². The van der Waals surface area contributed by atoms with Gasteiger partial charge in [0.25, 0.3) is 0 Å². The molecule has 0 aromatic heterocycles. The molecule has 0 saturated heterocycles. The maximum Gasteiger partial charge on any atom is 0.359 e. The minimum Gasteiger partial charge on any atom is -0.197 e. The smallest absolute Gasteiger partial charge is 0.197 e. The Kier molecular flexibility index (Phi) is 4.42. The van der Waals surface area contributed by atoms with Crippen LogP contribution in [0, 0.1) is 0 Å². The van der Waals surface area contributed by atoms with Crippen molar-refractivity contribution in [3.63, 3.8) is 0 Å². The van der Waals surface area contributed by atoms with Crippen molar-refractivity contribution in [3.8, 4) is 0 Å². The molecule has 0 N–H and O–H groups in total. The highest BCUT2D eigenvalue weighted by molar-refractivity contribution is 14.1. The van der Waals surface area contributed by atoms with E-state index in [4.69, 9.17) is 0 Å². The fourth-order valence-corrected chi connectivity index (χ4v) is 1.66. The molecule has 0 spiro atoms. The van der Waals surface area contributed by atoms with E-state index in [-0.39, 0.29) is 22.6 Å². The molecule has 1 atom stereocenters. The molecule has 0 heterocycles. The summed E-state index contributed by atoms with van der Waals surface area (Å²) < 4.78 is 69.1. The van der Waals surface area contributed by atoms with Crippen molar-refractivity contribution in [2.24, 2.45) is 0 Å². The first-order valence-electron chi connectivity index (χ1n) is 2.56. The summed E-state index contributed by atoms with van der Waals surface area (Å²) in [4.78, 5) is -7.08. The first kappa shape index (κ1) is 14.3. The second-order valence-electron chi connectivity index (χ2n) is 2.02. The molecule has 0 aromatic carbocycles. The van der Waals surface area contributed by atoms with E-state index in [2.05, 4.69) is 0 Å². The standard InChI is InChI=1S/C4HBr2F6I/c5-1(3(6,9)10)2(7,8)4(11,12)13/h1H. The van der Waals surface area contributed by atoms with Gasteiger partial charge in [0.05, 0.1) is 0 Å². The molecule has 0 nitrogen and oxygen atoms in total. The van der Waals surface area contributed by atoms with E-state index in [1.54, 1.807) is 15.9 Å². The normalized spacial score (nSPS) is 17.3. The van der Waals surface area contributed by atoms with Crippen molar-refractivity contribution < 1.29 is 26.3 Å². The summed E-state index contributed by atoms with van der Waals surface area (Å²) in [7, 11) is 0. The summed E-state index contributed by atoms with van der Waals surface area (Å²) in [6, 6.07) is 0. The Bertz CT molecular complexity index is 184. The molecule has 0 rings (SSSR count). The van der Waals surface area contributed by atoms with E-state index in [1.807, 2.05) is 15.9 Å². The molecule has 0 aliphatic carbocycles. The minimum absolute atomic E-state index is 0.107. The van der Waals surface area contributed by atoms with Gasteiger partial charge in [-0.25, -0.2) is 0 Å². The zero-order chi connectivity index (χ0) is 11.1. The fourth-order valence-electron chi connectivity index (χ4n) is 0.349. The molecule has 0 radical (unpaired) electrons. The lowest BCUT2D eigenvalue weighted by Gasteiger charge is -2.28. The van der Waals surface area contributed by atoms with Crippen LogP contribution in [0.2, 0.25) is 0 Å². The summed E-state index contributed by atoms with van der Waals surface area (Å²) in [6.07, 6.45) is 0. The summed E-state index contributed by atoms with van der Waals surface area (Å²) >= 11 is 3.51. The van der Waals surface area contributed by atoms with Gasteiger partial charge in [0.2, 0.25) is 0 Å². The largest absolute Gasteiger partial charge is 0.359 e. The Labute approximate surface area is 99.8 Å². The topological polar surface area (TPSA) is 0 Å². The third-order valence-corrected chi connectivity index (χ3v) is 3.93. The van der Waals surface area contributed by atoms with Gasteiger partial charge in [-0.3, -0.25) is 0 Å². The average molecular weight is 450 g/mol. The average Bonchev–Trinajstić information content (AvgIpc) is 1.81. The van der Waals surface area contributed by atoms with Gasteiger partial charge in [-0.15, -0.1) is 0 Å². The van der Waals surface area contributed by atoms with Gasteiger partial charge in [-0.1, -0.05) is 15.9 Å². The summed E-state index contributed by atoms with van der Waals surface area (Å²) in [6.45, 7) is 0. The molecule has 0 aromatic rings. The predicted octanol–water partition coefficient (Wildman–Crippen LogP) is 4.40. The lowest BCUT2D eigenvalue weighted by atomic mass is 10.2. The molecular weight excluding hydrogens is 449 g/mol. The second-order valence-corrected chi connectivity index (χ2v) is 5.35. The first-order valence-corrected chi connectivity index (χ1v) is 5.34. The predicted molar refractivity (Wildman–Crippen MR) is 50.5 cm³/mol. The Morgan fingerprint density at radius 3 is 1.38 bits per heavy atom. The van der Waals surface area contributed by atoms with Crippen LogP contribution < -0.4 is 0 Å². The Hall–Kier alpha value is 1.27. The van der Waals surface area contributed by atoms with E-state index < -0.39 is 19.5 Å². The molecule has 0 fully saturated rings. The molecule has 13 heavy (non-hydrogen) atoms. The zero-order valence-corrected chi connectivity index (χ0v) is 10.8. The molecule has 0 bridgehead atoms. The third-order valence-electron chi connectivity index (χ3n) is 0.984. The number of alkyl halides is 9. The van der Waals surface area contributed by atoms with Crippen molar-refractivity contribution in [2.75, 3.05) is 0 Å². The van der Waals surface area contributed by atoms with E-state index in [0.717, 1.165) is 0 Å². The molecule has 0 amide bonds. The number of rotatable bonds is 3. The minimum atomic E-state index is -4.85. The van der Waals surface area contributed by atoms with Crippen LogP contribution >= 0.6 is 54.5 Å². The number of hydrogen-bond donors (Lipinski definition) is 0. The van der Waals surface area contributed by atoms with Crippen molar-refractivity contribution in [1.29, 1.82) is 0 Å². The van der Waals surface area contributed by atoms with Crippen LogP contribution in [0.1, 0.15) is 0 Å². The van der Waals surface area contributed by atoms with E-state index in [0.29, 0.717) is 0 Å². The highest BCUT2D eigenvalue weighted by atomic mass is 127. The van der Waals surface area contributed by atoms with Crippen LogP contribution in [0.5, 0.6) is 0 Å². The van der Waals surface area contributed by atoms with Gasteiger partial charge >= 0.3 is 14.7 Å². The summed E-state index contributed by atoms with van der Waals surface area (Å²) in [5, 5.41) is 0. The molecule has 80 valence electrons. The van der Waals surface area contributed by atoms with Crippen molar-refractivity contribution in [3.05, 3.63) is 0 Å². The highest BCUT2D eigenvalue weighted by Gasteiger charge is 2.65. The van der Waals surface area contributed by atoms with Crippen molar-refractivity contribution in [2.45, 2.75) is 19.5 Å². The van der Waals surface area contributed by atoms with Crippen LogP contribution in [-0.4, -0.2) is 19.5 Å². The molecule has 9 heteroatoms. The lowest BCUT2D eigenvalue weighted by Crippen LogP contribution is -2.49. The molecule has 0 saturated carbocycles. The summed E-state index contributed by atoms with van der Waals surface area (Å²) in [5.41, 5.74) is 0. The second kappa shape index (κ2) is 4.03. The van der Waals surface area contributed by atoms with Crippen molar-refractivity contribution >= 4 is 54.5 Å². The molecule has 0 aliphatic heterocycles. The molecular formula is C4HBr2F6I. The molecule has 1 unspecified atom stereocenters. The van der Waals surface area contributed by atoms with E-state index >= 15 is 0 Å². The Balaban J connectivity index is 4.86. The third kappa shape index (κ3) is 3.40. The number of halogens is 9. The first-order chi connectivity index (χ1) is 5.40. The summed E-state index contributed by atoms with van der Waals surface area (Å²) in [5.74, 6) is -4.85. The van der Waals surface area contributed by atoms with Crippen LogP contribution in [0.25, 0.3) is 0 Å². The van der Waals surface area contributed by atoms with Crippen LogP contribution in [0.4, 0.5) is 26.3 Å². The zero-order valence-electron chi connectivity index (χ0n) is 5.48. The SMILES string of the molecule is FC(F)(Br)C(Br)C(F)(F)C(F)(F)I. The van der Waals surface area contributed by atoms with E-state index in [9.17, 15) is 26.3 Å². The van der Waals surface area contributed by atoms with Gasteiger partial charge in [0.15, 0.2) is 4.83 Å². The fraction of sp³-hybridized carbons (Fsp3) is 1.00. The maximum atomic E-state index is 12.5. The van der Waals surface area contributed by atoms with Gasteiger partial charge < -0.3 is 0 Å². The van der Waals surface area contributed by atoms with Gasteiger partial charge in [-0.05, 0) is 15.9 Å². The highest BCUT2D eigenvalue weighted by Crippen LogP contribution is 2.50. The Morgan fingerprint density at radius 2 is 1.31 bits per heavy atom. The van der Waals surface area contributed by atoms with Gasteiger partial charge in [0, 0.05) is 22.6 Å². The van der Waals surface area contributed by atoms with Gasteiger partial charge in [-0.2, -0.15) is 26.3 Å². The van der Waals surface area contributed by atoms with Crippen molar-refractivity contribution in [1.82, 2.24) is 0 Å². The van der Waals surface area contributed by atoms with Crippen LogP contribution in [0.3, 0.4) is 0 Å². The van der Waals surface area contributed by atoms with Gasteiger partial charge in [0.1, 0.15) is 0 Å². The molecule has 0 aliphatic rings. The van der Waals surface area contributed by atoms with E-state index in [1.165, 1.54) is 0 Å².